The van der Waals surface area contributed by atoms with E-state index in [9.17, 15) is 4.79 Å². The van der Waals surface area contributed by atoms with Crippen molar-refractivity contribution in [3.63, 3.8) is 0 Å². The van der Waals surface area contributed by atoms with E-state index in [1.54, 1.807) is 19.2 Å². The smallest absolute Gasteiger partial charge is 0.324 e. The first kappa shape index (κ1) is 25.3. The van der Waals surface area contributed by atoms with Crippen LogP contribution in [-0.2, 0) is 11.3 Å². The SMILES string of the molecule is COCCCN1CCN(c2nc(-c3cccc(Cn4nc(-c5ccc6nsnc6c5)ccc4=O)c3)no2)CC1. The highest BCUT2D eigenvalue weighted by Gasteiger charge is 2.21. The maximum atomic E-state index is 12.6. The van der Waals surface area contributed by atoms with Crippen LogP contribution >= 0.6 is 11.7 Å². The van der Waals surface area contributed by atoms with Crippen LogP contribution in [0.15, 0.2) is 63.9 Å². The van der Waals surface area contributed by atoms with Crippen molar-refractivity contribution in [2.45, 2.75) is 13.0 Å². The van der Waals surface area contributed by atoms with Crippen LogP contribution in [0.3, 0.4) is 0 Å². The summed E-state index contributed by atoms with van der Waals surface area (Å²) in [6.45, 7) is 5.71. The molecule has 0 bridgehead atoms. The van der Waals surface area contributed by atoms with Crippen molar-refractivity contribution in [3.8, 4) is 22.6 Å². The maximum Gasteiger partial charge on any atom is 0.324 e. The van der Waals surface area contributed by atoms with Gasteiger partial charge >= 0.3 is 6.01 Å². The van der Waals surface area contributed by atoms with E-state index in [0.717, 1.165) is 73.5 Å². The Balaban J connectivity index is 1.15. The molecule has 1 aliphatic rings. The van der Waals surface area contributed by atoms with Gasteiger partial charge in [0.25, 0.3) is 5.56 Å². The molecule has 12 heteroatoms. The zero-order valence-corrected chi connectivity index (χ0v) is 22.4. The van der Waals surface area contributed by atoms with Crippen LogP contribution in [0, 0.1) is 0 Å². The number of rotatable bonds is 9. The van der Waals surface area contributed by atoms with Gasteiger partial charge < -0.3 is 14.2 Å². The largest absolute Gasteiger partial charge is 0.385 e. The standard InChI is InChI=1S/C27H28N8O3S/c1-37-15-3-10-33-11-13-34(14-12-33)27-28-26(30-38-27)21-5-2-4-19(16-21)18-35-25(36)9-8-22(29-35)20-6-7-23-24(17-20)32-39-31-23/h2,4-9,16-17H,3,10-15,18H2,1H3. The van der Waals surface area contributed by atoms with E-state index in [4.69, 9.17) is 9.26 Å². The first-order valence-electron chi connectivity index (χ1n) is 12.9. The molecule has 200 valence electrons. The predicted molar refractivity (Wildman–Crippen MR) is 149 cm³/mol. The Kier molecular flexibility index (Phi) is 7.39. The summed E-state index contributed by atoms with van der Waals surface area (Å²) in [6, 6.07) is 17.4. The summed E-state index contributed by atoms with van der Waals surface area (Å²) < 4.78 is 20.8. The Hall–Kier alpha value is -4.00. The molecular weight excluding hydrogens is 516 g/mol. The van der Waals surface area contributed by atoms with Crippen molar-refractivity contribution in [2.24, 2.45) is 0 Å². The van der Waals surface area contributed by atoms with Gasteiger partial charge in [0.05, 0.1) is 24.0 Å². The van der Waals surface area contributed by atoms with Gasteiger partial charge in [0.15, 0.2) is 0 Å². The summed E-state index contributed by atoms with van der Waals surface area (Å²) >= 11 is 1.18. The summed E-state index contributed by atoms with van der Waals surface area (Å²) in [4.78, 5) is 21.8. The van der Waals surface area contributed by atoms with Crippen LogP contribution in [0.2, 0.25) is 0 Å². The van der Waals surface area contributed by atoms with Crippen molar-refractivity contribution in [2.75, 3.05) is 51.3 Å². The first-order chi connectivity index (χ1) is 19.2. The summed E-state index contributed by atoms with van der Waals surface area (Å²) in [6.07, 6.45) is 1.03. The lowest BCUT2D eigenvalue weighted by molar-refractivity contribution is 0.168. The molecule has 0 aliphatic carbocycles. The zero-order valence-electron chi connectivity index (χ0n) is 21.6. The van der Waals surface area contributed by atoms with E-state index >= 15 is 0 Å². The summed E-state index contributed by atoms with van der Waals surface area (Å²) in [5, 5.41) is 8.85. The summed E-state index contributed by atoms with van der Waals surface area (Å²) in [5.41, 5.74) is 4.80. The molecule has 1 fully saturated rings. The fourth-order valence-corrected chi connectivity index (χ4v) is 5.21. The number of nitrogens with zero attached hydrogens (tertiary/aromatic N) is 8. The Morgan fingerprint density at radius 1 is 0.974 bits per heavy atom. The van der Waals surface area contributed by atoms with Gasteiger partial charge in [0.1, 0.15) is 11.0 Å². The van der Waals surface area contributed by atoms with Crippen LogP contribution in [0.4, 0.5) is 6.01 Å². The highest BCUT2D eigenvalue weighted by Crippen LogP contribution is 2.23. The molecule has 0 amide bonds. The second kappa shape index (κ2) is 11.4. The number of benzene rings is 2. The zero-order chi connectivity index (χ0) is 26.6. The number of methoxy groups -OCH3 is 1. The van der Waals surface area contributed by atoms with Crippen molar-refractivity contribution in [1.82, 2.24) is 33.6 Å². The minimum absolute atomic E-state index is 0.177. The minimum atomic E-state index is -0.177. The highest BCUT2D eigenvalue weighted by molar-refractivity contribution is 7.00. The van der Waals surface area contributed by atoms with Gasteiger partial charge in [-0.25, -0.2) is 4.68 Å². The second-order valence-electron chi connectivity index (χ2n) is 9.46. The molecule has 0 atom stereocenters. The number of aromatic nitrogens is 6. The third-order valence-electron chi connectivity index (χ3n) is 6.81. The van der Waals surface area contributed by atoms with Gasteiger partial charge in [0.2, 0.25) is 5.82 Å². The fourth-order valence-electron chi connectivity index (χ4n) is 4.70. The molecule has 1 saturated heterocycles. The lowest BCUT2D eigenvalue weighted by atomic mass is 10.1. The molecule has 39 heavy (non-hydrogen) atoms. The third-order valence-corrected chi connectivity index (χ3v) is 7.37. The van der Waals surface area contributed by atoms with Gasteiger partial charge in [-0.15, -0.1) is 0 Å². The number of hydrogen-bond acceptors (Lipinski definition) is 11. The van der Waals surface area contributed by atoms with E-state index in [0.29, 0.717) is 24.1 Å². The third kappa shape index (κ3) is 5.72. The highest BCUT2D eigenvalue weighted by atomic mass is 32.1. The van der Waals surface area contributed by atoms with Crippen LogP contribution < -0.4 is 10.5 Å². The van der Waals surface area contributed by atoms with Crippen molar-refractivity contribution >= 4 is 28.8 Å². The van der Waals surface area contributed by atoms with Crippen LogP contribution in [0.25, 0.3) is 33.7 Å². The number of piperazine rings is 1. The van der Waals surface area contributed by atoms with Gasteiger partial charge in [-0.1, -0.05) is 29.4 Å². The minimum Gasteiger partial charge on any atom is -0.385 e. The molecular formula is C27H28N8O3S. The Morgan fingerprint density at radius 3 is 2.72 bits per heavy atom. The number of ether oxygens (including phenoxy) is 1. The quantitative estimate of drug-likeness (QED) is 0.256. The lowest BCUT2D eigenvalue weighted by Gasteiger charge is -2.33. The molecule has 0 spiro atoms. The summed E-state index contributed by atoms with van der Waals surface area (Å²) in [5.74, 6) is 0.522. The topological polar surface area (TPSA) is 115 Å². The summed E-state index contributed by atoms with van der Waals surface area (Å²) in [7, 11) is 1.74. The maximum absolute atomic E-state index is 12.6. The van der Waals surface area contributed by atoms with Gasteiger partial charge in [-0.05, 0) is 36.2 Å². The van der Waals surface area contributed by atoms with E-state index < -0.39 is 0 Å². The Bertz CT molecular complexity index is 1620. The monoisotopic (exact) mass is 544 g/mol. The fraction of sp³-hybridized carbons (Fsp3) is 0.333. The number of anilines is 1. The van der Waals surface area contributed by atoms with E-state index in [1.807, 2.05) is 42.5 Å². The molecule has 3 aromatic heterocycles. The lowest BCUT2D eigenvalue weighted by Crippen LogP contribution is -2.46. The second-order valence-corrected chi connectivity index (χ2v) is 9.99. The molecule has 0 saturated carbocycles. The number of hydrogen-bond donors (Lipinski definition) is 0. The van der Waals surface area contributed by atoms with E-state index in [-0.39, 0.29) is 5.56 Å². The van der Waals surface area contributed by atoms with Crippen molar-refractivity contribution in [3.05, 3.63) is 70.5 Å². The molecule has 4 heterocycles. The molecule has 11 nitrogen and oxygen atoms in total. The molecule has 5 aromatic rings. The molecule has 0 radical (unpaired) electrons. The van der Waals surface area contributed by atoms with Crippen molar-refractivity contribution < 1.29 is 9.26 Å². The van der Waals surface area contributed by atoms with Crippen LogP contribution in [-0.4, -0.2) is 80.0 Å². The van der Waals surface area contributed by atoms with E-state index in [1.165, 1.54) is 16.4 Å². The molecule has 2 aromatic carbocycles. The average molecular weight is 545 g/mol. The molecule has 0 N–H and O–H groups in total. The average Bonchev–Trinajstić information content (AvgIpc) is 3.65. The van der Waals surface area contributed by atoms with Gasteiger partial charge in [-0.3, -0.25) is 9.69 Å². The van der Waals surface area contributed by atoms with Crippen LogP contribution in [0.5, 0.6) is 0 Å². The first-order valence-corrected chi connectivity index (χ1v) is 13.6. The van der Waals surface area contributed by atoms with Gasteiger partial charge in [0, 0.05) is 63.6 Å². The number of fused-ring (bicyclic) bond motifs is 1. The normalized spacial score (nSPS) is 14.3. The molecule has 0 unspecified atom stereocenters. The van der Waals surface area contributed by atoms with E-state index in [2.05, 4.69) is 33.8 Å². The van der Waals surface area contributed by atoms with Gasteiger partial charge in [-0.2, -0.15) is 18.8 Å². The molecule has 6 rings (SSSR count). The van der Waals surface area contributed by atoms with Crippen LogP contribution in [0.1, 0.15) is 12.0 Å². The molecule has 1 aliphatic heterocycles. The predicted octanol–water partition coefficient (Wildman–Crippen LogP) is 3.17. The Morgan fingerprint density at radius 2 is 1.85 bits per heavy atom. The Labute approximate surface area is 229 Å². The van der Waals surface area contributed by atoms with Crippen molar-refractivity contribution in [1.29, 1.82) is 0 Å².